The molecule has 0 spiro atoms. The van der Waals surface area contributed by atoms with Crippen LogP contribution in [0.25, 0.3) is 10.9 Å². The van der Waals surface area contributed by atoms with Crippen molar-refractivity contribution in [2.75, 3.05) is 13.6 Å². The zero-order chi connectivity index (χ0) is 17.4. The lowest BCUT2D eigenvalue weighted by Crippen LogP contribution is -2.35. The number of halogens is 1. The molecule has 2 aromatic carbocycles. The molecule has 4 rings (SSSR count). The molecule has 0 unspecified atom stereocenters. The van der Waals surface area contributed by atoms with Gasteiger partial charge in [0, 0.05) is 40.6 Å². The molecule has 1 N–H and O–H groups in total. The van der Waals surface area contributed by atoms with Crippen molar-refractivity contribution in [3.8, 4) is 0 Å². The number of aromatic nitrogens is 1. The smallest absolute Gasteiger partial charge is 0.226 e. The monoisotopic (exact) mass is 396 g/mol. The van der Waals surface area contributed by atoms with E-state index in [9.17, 15) is 4.79 Å². The number of hydrogen-bond acceptors (Lipinski definition) is 1. The van der Waals surface area contributed by atoms with Gasteiger partial charge in [-0.1, -0.05) is 46.3 Å². The molecule has 1 aromatic heterocycles. The minimum atomic E-state index is 0.115. The average Bonchev–Trinajstić information content (AvgIpc) is 3.25. The van der Waals surface area contributed by atoms with Crippen LogP contribution in [0.5, 0.6) is 0 Å². The van der Waals surface area contributed by atoms with Crippen molar-refractivity contribution in [1.82, 2.24) is 9.88 Å². The lowest BCUT2D eigenvalue weighted by atomic mass is 9.94. The summed E-state index contributed by atoms with van der Waals surface area (Å²) in [7, 11) is 1.93. The molecule has 1 aliphatic rings. The Balaban J connectivity index is 1.49. The standard InChI is InChI=1S/C21H21BrN2O/c1-24(20(25)12-15-6-8-16(22)9-7-15)14-21(10-11-21)18-13-23-19-5-3-2-4-17(18)19/h2-9,13,23H,10-12,14H2,1H3. The van der Waals surface area contributed by atoms with Crippen LogP contribution < -0.4 is 0 Å². The highest BCUT2D eigenvalue weighted by Crippen LogP contribution is 2.50. The van der Waals surface area contributed by atoms with Gasteiger partial charge in [0.05, 0.1) is 6.42 Å². The first-order valence-electron chi connectivity index (χ1n) is 8.62. The van der Waals surface area contributed by atoms with Crippen molar-refractivity contribution in [2.24, 2.45) is 0 Å². The van der Waals surface area contributed by atoms with Crippen molar-refractivity contribution in [3.05, 3.63) is 70.3 Å². The summed E-state index contributed by atoms with van der Waals surface area (Å²) in [6, 6.07) is 16.4. The number of aromatic amines is 1. The van der Waals surface area contributed by atoms with Crippen LogP contribution in [0.2, 0.25) is 0 Å². The van der Waals surface area contributed by atoms with Crippen molar-refractivity contribution in [1.29, 1.82) is 0 Å². The third-order valence-electron chi connectivity index (χ3n) is 5.25. The van der Waals surface area contributed by atoms with Crippen LogP contribution in [0.15, 0.2) is 59.2 Å². The highest BCUT2D eigenvalue weighted by atomic mass is 79.9. The number of para-hydroxylation sites is 1. The van der Waals surface area contributed by atoms with E-state index in [2.05, 4.69) is 51.4 Å². The van der Waals surface area contributed by atoms with Gasteiger partial charge in [-0.15, -0.1) is 0 Å². The molecule has 1 aliphatic carbocycles. The number of carbonyl (C=O) groups excluding carboxylic acids is 1. The number of nitrogens with zero attached hydrogens (tertiary/aromatic N) is 1. The molecule has 1 fully saturated rings. The SMILES string of the molecule is CN(CC1(c2c[nH]c3ccccc23)CC1)C(=O)Cc1ccc(Br)cc1. The van der Waals surface area contributed by atoms with E-state index in [1.54, 1.807) is 0 Å². The Kier molecular flexibility index (Phi) is 4.16. The lowest BCUT2D eigenvalue weighted by Gasteiger charge is -2.24. The first-order chi connectivity index (χ1) is 12.1. The summed E-state index contributed by atoms with van der Waals surface area (Å²) in [5, 5.41) is 1.29. The normalized spacial score (nSPS) is 15.3. The van der Waals surface area contributed by atoms with Gasteiger partial charge in [0.25, 0.3) is 0 Å². The topological polar surface area (TPSA) is 36.1 Å². The molecule has 0 aliphatic heterocycles. The van der Waals surface area contributed by atoms with Crippen molar-refractivity contribution in [2.45, 2.75) is 24.7 Å². The average molecular weight is 397 g/mol. The number of nitrogens with one attached hydrogen (secondary N) is 1. The Morgan fingerprint density at radius 2 is 1.88 bits per heavy atom. The molecule has 3 aromatic rings. The van der Waals surface area contributed by atoms with E-state index in [1.807, 2.05) is 36.2 Å². The van der Waals surface area contributed by atoms with Gasteiger partial charge in [0.1, 0.15) is 0 Å². The molecule has 3 nitrogen and oxygen atoms in total. The fourth-order valence-electron chi connectivity index (χ4n) is 3.63. The van der Waals surface area contributed by atoms with Crippen LogP contribution >= 0.6 is 15.9 Å². The van der Waals surface area contributed by atoms with E-state index in [4.69, 9.17) is 0 Å². The van der Waals surface area contributed by atoms with E-state index < -0.39 is 0 Å². The van der Waals surface area contributed by atoms with Crippen molar-refractivity contribution >= 4 is 32.7 Å². The Morgan fingerprint density at radius 3 is 2.60 bits per heavy atom. The number of benzene rings is 2. The van der Waals surface area contributed by atoms with Crippen LogP contribution in [0.4, 0.5) is 0 Å². The maximum Gasteiger partial charge on any atom is 0.226 e. The molecular weight excluding hydrogens is 376 g/mol. The number of likely N-dealkylation sites (N-methyl/N-ethyl adjacent to an activating group) is 1. The van der Waals surface area contributed by atoms with Crippen LogP contribution in [-0.2, 0) is 16.6 Å². The molecule has 1 saturated carbocycles. The number of rotatable bonds is 5. The zero-order valence-electron chi connectivity index (χ0n) is 14.3. The quantitative estimate of drug-likeness (QED) is 0.668. The molecule has 128 valence electrons. The predicted octanol–water partition coefficient (Wildman–Crippen LogP) is 4.66. The number of carbonyl (C=O) groups is 1. The van der Waals surface area contributed by atoms with Gasteiger partial charge in [0.2, 0.25) is 5.91 Å². The Hall–Kier alpha value is -2.07. The van der Waals surface area contributed by atoms with Gasteiger partial charge in [-0.3, -0.25) is 4.79 Å². The molecule has 0 bridgehead atoms. The highest BCUT2D eigenvalue weighted by Gasteiger charge is 2.47. The van der Waals surface area contributed by atoms with Gasteiger partial charge in [-0.25, -0.2) is 0 Å². The Labute approximate surface area is 156 Å². The number of amides is 1. The van der Waals surface area contributed by atoms with Gasteiger partial charge in [-0.05, 0) is 42.2 Å². The zero-order valence-corrected chi connectivity index (χ0v) is 15.8. The van der Waals surface area contributed by atoms with E-state index in [0.717, 1.165) is 29.4 Å². The van der Waals surface area contributed by atoms with E-state index in [0.29, 0.717) is 6.42 Å². The summed E-state index contributed by atoms with van der Waals surface area (Å²) in [6.45, 7) is 0.782. The predicted molar refractivity (Wildman–Crippen MR) is 105 cm³/mol. The van der Waals surface area contributed by atoms with E-state index in [1.165, 1.54) is 16.5 Å². The molecule has 0 saturated heterocycles. The summed E-state index contributed by atoms with van der Waals surface area (Å²) >= 11 is 3.43. The number of hydrogen-bond donors (Lipinski definition) is 1. The largest absolute Gasteiger partial charge is 0.361 e. The van der Waals surface area contributed by atoms with Crippen molar-refractivity contribution < 1.29 is 4.79 Å². The van der Waals surface area contributed by atoms with E-state index >= 15 is 0 Å². The van der Waals surface area contributed by atoms with Crippen LogP contribution in [0.1, 0.15) is 24.0 Å². The third-order valence-corrected chi connectivity index (χ3v) is 5.78. The summed E-state index contributed by atoms with van der Waals surface area (Å²) in [6.07, 6.45) is 4.87. The van der Waals surface area contributed by atoms with Crippen molar-refractivity contribution in [3.63, 3.8) is 0 Å². The number of H-pyrrole nitrogens is 1. The molecule has 25 heavy (non-hydrogen) atoms. The Morgan fingerprint density at radius 1 is 1.16 bits per heavy atom. The molecule has 4 heteroatoms. The molecule has 0 radical (unpaired) electrons. The maximum absolute atomic E-state index is 12.6. The second-order valence-electron chi connectivity index (χ2n) is 7.08. The van der Waals surface area contributed by atoms with Gasteiger partial charge in [0.15, 0.2) is 0 Å². The molecule has 0 atom stereocenters. The minimum absolute atomic E-state index is 0.115. The first kappa shape index (κ1) is 16.4. The second-order valence-corrected chi connectivity index (χ2v) is 8.00. The first-order valence-corrected chi connectivity index (χ1v) is 9.42. The van der Waals surface area contributed by atoms with Crippen LogP contribution in [0, 0.1) is 0 Å². The Bertz CT molecular complexity index is 909. The fraction of sp³-hybridized carbons (Fsp3) is 0.286. The number of fused-ring (bicyclic) bond motifs is 1. The highest BCUT2D eigenvalue weighted by molar-refractivity contribution is 9.10. The summed E-state index contributed by atoms with van der Waals surface area (Å²) in [5.74, 6) is 0.174. The molecular formula is C21H21BrN2O. The van der Waals surface area contributed by atoms with Crippen LogP contribution in [0.3, 0.4) is 0 Å². The summed E-state index contributed by atoms with van der Waals surface area (Å²) < 4.78 is 1.04. The lowest BCUT2D eigenvalue weighted by molar-refractivity contribution is -0.129. The van der Waals surface area contributed by atoms with E-state index in [-0.39, 0.29) is 11.3 Å². The van der Waals surface area contributed by atoms with Gasteiger partial charge in [-0.2, -0.15) is 0 Å². The maximum atomic E-state index is 12.6. The summed E-state index contributed by atoms with van der Waals surface area (Å²) in [5.41, 5.74) is 3.69. The summed E-state index contributed by atoms with van der Waals surface area (Å²) in [4.78, 5) is 17.9. The third kappa shape index (κ3) is 3.23. The fourth-order valence-corrected chi connectivity index (χ4v) is 3.89. The van der Waals surface area contributed by atoms with Gasteiger partial charge >= 0.3 is 0 Å². The molecule has 1 amide bonds. The van der Waals surface area contributed by atoms with Gasteiger partial charge < -0.3 is 9.88 Å². The van der Waals surface area contributed by atoms with Crippen LogP contribution in [-0.4, -0.2) is 29.4 Å². The molecule has 1 heterocycles. The minimum Gasteiger partial charge on any atom is -0.361 e. The second kappa shape index (κ2) is 6.34.